The summed E-state index contributed by atoms with van der Waals surface area (Å²) in [6.07, 6.45) is 4.91. The minimum atomic E-state index is 0.0649. The number of carbonyl (C=O) groups excluding carboxylic acids is 1. The fourth-order valence-corrected chi connectivity index (χ4v) is 5.53. The maximum Gasteiger partial charge on any atom is 0.254 e. The van der Waals surface area contributed by atoms with Crippen LogP contribution in [-0.2, 0) is 0 Å². The van der Waals surface area contributed by atoms with Crippen molar-refractivity contribution in [3.63, 3.8) is 0 Å². The molecule has 1 saturated carbocycles. The van der Waals surface area contributed by atoms with E-state index in [1.807, 2.05) is 43.0 Å². The van der Waals surface area contributed by atoms with Crippen LogP contribution in [0.25, 0.3) is 16.9 Å². The molecule has 2 aliphatic rings. The maximum atomic E-state index is 13.9. The van der Waals surface area contributed by atoms with Crippen LogP contribution < -0.4 is 4.90 Å². The zero-order valence-electron chi connectivity index (χ0n) is 19.4. The molecule has 2 fully saturated rings. The summed E-state index contributed by atoms with van der Waals surface area (Å²) in [6.45, 7) is 7.07. The molecule has 9 heteroatoms. The third kappa shape index (κ3) is 3.83. The van der Waals surface area contributed by atoms with Crippen molar-refractivity contribution >= 4 is 33.4 Å². The molecular formula is C25H27N7OS. The number of fused-ring (bicyclic) bond motifs is 1. The summed E-state index contributed by atoms with van der Waals surface area (Å²) >= 11 is 1.67. The summed E-state index contributed by atoms with van der Waals surface area (Å²) in [5.41, 5.74) is 4.27. The predicted octanol–water partition coefficient (Wildman–Crippen LogP) is 4.12. The summed E-state index contributed by atoms with van der Waals surface area (Å²) in [4.78, 5) is 32.3. The quantitative estimate of drug-likeness (QED) is 0.444. The number of rotatable bonds is 4. The molecule has 174 valence electrons. The number of aryl methyl sites for hydroxylation is 2. The van der Waals surface area contributed by atoms with Crippen LogP contribution in [0.4, 0.5) is 5.13 Å². The molecular weight excluding hydrogens is 446 g/mol. The molecule has 0 atom stereocenters. The average molecular weight is 474 g/mol. The van der Waals surface area contributed by atoms with Crippen LogP contribution in [-0.4, -0.2) is 61.7 Å². The first kappa shape index (κ1) is 21.2. The molecule has 5 heterocycles. The van der Waals surface area contributed by atoms with E-state index in [1.165, 1.54) is 0 Å². The third-order valence-corrected chi connectivity index (χ3v) is 7.60. The van der Waals surface area contributed by atoms with Crippen LogP contribution in [0.2, 0.25) is 0 Å². The summed E-state index contributed by atoms with van der Waals surface area (Å²) in [7, 11) is 0. The Morgan fingerprint density at radius 2 is 1.97 bits per heavy atom. The zero-order valence-corrected chi connectivity index (χ0v) is 20.3. The van der Waals surface area contributed by atoms with E-state index in [9.17, 15) is 4.79 Å². The Labute approximate surface area is 202 Å². The van der Waals surface area contributed by atoms with Gasteiger partial charge in [-0.15, -0.1) is 11.3 Å². The second-order valence-electron chi connectivity index (χ2n) is 9.16. The number of thiazole rings is 1. The number of pyridine rings is 2. The minimum absolute atomic E-state index is 0.0649. The SMILES string of the molecule is Cc1csc(N2CCCN(C(=O)c3cc(C4CC4)nc4c3c(C)nn4-c3ccccn3)CC2)n1. The molecule has 0 unspecified atom stereocenters. The second-order valence-corrected chi connectivity index (χ2v) is 9.99. The van der Waals surface area contributed by atoms with Gasteiger partial charge in [0.15, 0.2) is 16.6 Å². The molecule has 4 aromatic rings. The van der Waals surface area contributed by atoms with Crippen molar-refractivity contribution in [1.29, 1.82) is 0 Å². The maximum absolute atomic E-state index is 13.9. The van der Waals surface area contributed by atoms with Gasteiger partial charge < -0.3 is 9.80 Å². The van der Waals surface area contributed by atoms with E-state index in [0.29, 0.717) is 23.8 Å². The average Bonchev–Trinajstić information content (AvgIpc) is 3.60. The van der Waals surface area contributed by atoms with Gasteiger partial charge in [-0.05, 0) is 51.3 Å². The van der Waals surface area contributed by atoms with Crippen molar-refractivity contribution < 1.29 is 4.79 Å². The van der Waals surface area contributed by atoms with Crippen LogP contribution in [0.1, 0.15) is 52.6 Å². The number of amides is 1. The lowest BCUT2D eigenvalue weighted by Crippen LogP contribution is -2.35. The van der Waals surface area contributed by atoms with Gasteiger partial charge >= 0.3 is 0 Å². The fourth-order valence-electron chi connectivity index (χ4n) is 4.67. The Bertz CT molecular complexity index is 1360. The normalized spacial score (nSPS) is 16.8. The number of aromatic nitrogens is 5. The van der Waals surface area contributed by atoms with E-state index in [2.05, 4.69) is 20.2 Å². The molecule has 8 nitrogen and oxygen atoms in total. The number of nitrogens with zero attached hydrogens (tertiary/aromatic N) is 7. The van der Waals surface area contributed by atoms with Crippen molar-refractivity contribution in [1.82, 2.24) is 29.6 Å². The Kier molecular flexibility index (Phi) is 5.28. The van der Waals surface area contributed by atoms with E-state index in [0.717, 1.165) is 72.1 Å². The van der Waals surface area contributed by atoms with Gasteiger partial charge in [-0.2, -0.15) is 9.78 Å². The van der Waals surface area contributed by atoms with Crippen LogP contribution in [0.3, 0.4) is 0 Å². The van der Waals surface area contributed by atoms with Crippen LogP contribution >= 0.6 is 11.3 Å². The first-order valence-corrected chi connectivity index (χ1v) is 12.7. The second kappa shape index (κ2) is 8.47. The molecule has 0 aromatic carbocycles. The highest BCUT2D eigenvalue weighted by atomic mass is 32.1. The van der Waals surface area contributed by atoms with E-state index in [-0.39, 0.29) is 5.91 Å². The Morgan fingerprint density at radius 3 is 2.71 bits per heavy atom. The summed E-state index contributed by atoms with van der Waals surface area (Å²) in [6, 6.07) is 7.76. The molecule has 0 N–H and O–H groups in total. The number of carbonyl (C=O) groups is 1. The number of hydrogen-bond acceptors (Lipinski definition) is 7. The van der Waals surface area contributed by atoms with Gasteiger partial charge in [0.05, 0.1) is 22.3 Å². The van der Waals surface area contributed by atoms with Crippen molar-refractivity contribution in [3.8, 4) is 5.82 Å². The smallest absolute Gasteiger partial charge is 0.254 e. The molecule has 1 aliphatic heterocycles. The van der Waals surface area contributed by atoms with Crippen LogP contribution in [0.5, 0.6) is 0 Å². The van der Waals surface area contributed by atoms with E-state index >= 15 is 0 Å². The topological polar surface area (TPSA) is 80.0 Å². The van der Waals surface area contributed by atoms with Gasteiger partial charge in [-0.25, -0.2) is 15.0 Å². The molecule has 6 rings (SSSR count). The number of hydrogen-bond donors (Lipinski definition) is 0. The fraction of sp³-hybridized carbons (Fsp3) is 0.400. The van der Waals surface area contributed by atoms with Gasteiger partial charge in [0, 0.05) is 49.4 Å². The first-order valence-electron chi connectivity index (χ1n) is 11.9. The third-order valence-electron chi connectivity index (χ3n) is 6.59. The van der Waals surface area contributed by atoms with Crippen molar-refractivity contribution in [3.05, 3.63) is 58.5 Å². The molecule has 0 radical (unpaired) electrons. The minimum Gasteiger partial charge on any atom is -0.346 e. The standard InChI is InChI=1S/C25H27N7OS/c1-16-15-34-25(27-16)31-11-5-10-30(12-13-31)24(33)19-14-20(18-7-8-18)28-23-22(19)17(2)29-32(23)21-6-3-4-9-26-21/h3-4,6,9,14-15,18H,5,7-8,10-13H2,1-2H3. The highest BCUT2D eigenvalue weighted by Gasteiger charge is 2.31. The van der Waals surface area contributed by atoms with Gasteiger partial charge in [-0.1, -0.05) is 6.07 Å². The van der Waals surface area contributed by atoms with Gasteiger partial charge in [-0.3, -0.25) is 4.79 Å². The first-order chi connectivity index (χ1) is 16.6. The highest BCUT2D eigenvalue weighted by molar-refractivity contribution is 7.13. The van der Waals surface area contributed by atoms with Crippen molar-refractivity contribution in [2.24, 2.45) is 0 Å². The van der Waals surface area contributed by atoms with E-state index in [4.69, 9.17) is 10.1 Å². The van der Waals surface area contributed by atoms with Crippen LogP contribution in [0.15, 0.2) is 35.8 Å². The predicted molar refractivity (Wildman–Crippen MR) is 133 cm³/mol. The molecule has 34 heavy (non-hydrogen) atoms. The largest absolute Gasteiger partial charge is 0.346 e. The van der Waals surface area contributed by atoms with Gasteiger partial charge in [0.1, 0.15) is 0 Å². The van der Waals surface area contributed by atoms with Crippen molar-refractivity contribution in [2.45, 2.75) is 39.0 Å². The summed E-state index contributed by atoms with van der Waals surface area (Å²) in [5, 5.41) is 8.70. The Balaban J connectivity index is 1.37. The lowest BCUT2D eigenvalue weighted by molar-refractivity contribution is 0.0768. The molecule has 4 aromatic heterocycles. The summed E-state index contributed by atoms with van der Waals surface area (Å²) < 4.78 is 1.78. The van der Waals surface area contributed by atoms with Gasteiger partial charge in [0.2, 0.25) is 0 Å². The molecule has 0 spiro atoms. The monoisotopic (exact) mass is 473 g/mol. The zero-order chi connectivity index (χ0) is 23.2. The molecule has 1 saturated heterocycles. The van der Waals surface area contributed by atoms with Crippen molar-refractivity contribution in [2.75, 3.05) is 31.1 Å². The van der Waals surface area contributed by atoms with E-state index in [1.54, 1.807) is 22.2 Å². The van der Waals surface area contributed by atoms with Crippen LogP contribution in [0, 0.1) is 13.8 Å². The highest BCUT2D eigenvalue weighted by Crippen LogP contribution is 2.41. The lowest BCUT2D eigenvalue weighted by atomic mass is 10.1. The van der Waals surface area contributed by atoms with E-state index < -0.39 is 0 Å². The van der Waals surface area contributed by atoms with Gasteiger partial charge in [0.25, 0.3) is 5.91 Å². The summed E-state index contributed by atoms with van der Waals surface area (Å²) in [5.74, 6) is 1.20. The Hall–Kier alpha value is -3.33. The molecule has 0 bridgehead atoms. The molecule has 1 amide bonds. The Morgan fingerprint density at radius 1 is 1.09 bits per heavy atom. The lowest BCUT2D eigenvalue weighted by Gasteiger charge is -2.22. The molecule has 1 aliphatic carbocycles. The number of anilines is 1.